The van der Waals surface area contributed by atoms with Crippen LogP contribution in [0.15, 0.2) is 45.9 Å². The fourth-order valence-corrected chi connectivity index (χ4v) is 3.65. The highest BCUT2D eigenvalue weighted by Gasteiger charge is 2.25. The molecule has 0 atom stereocenters. The quantitative estimate of drug-likeness (QED) is 0.574. The average Bonchev–Trinajstić information content (AvgIpc) is 2.98. The molecule has 2 N–H and O–H groups in total. The van der Waals surface area contributed by atoms with Gasteiger partial charge in [0.05, 0.1) is 16.1 Å². The molecule has 0 bridgehead atoms. The molecule has 0 aliphatic carbocycles. The van der Waals surface area contributed by atoms with Gasteiger partial charge in [0.1, 0.15) is 11.4 Å². The van der Waals surface area contributed by atoms with E-state index in [0.717, 1.165) is 11.8 Å². The number of anilines is 1. The molecule has 1 heterocycles. The van der Waals surface area contributed by atoms with Gasteiger partial charge in [-0.1, -0.05) is 0 Å². The molecule has 8 nitrogen and oxygen atoms in total. The first-order chi connectivity index (χ1) is 11.6. The largest absolute Gasteiger partial charge is 0.469 e. The molecule has 25 heavy (non-hydrogen) atoms. The SMILES string of the molecule is CC(C)(C)NS(=O)(=O)c1ccc(NCCc2ccco2)c([N+](=O)[O-])c1. The molecule has 0 aliphatic heterocycles. The fraction of sp³-hybridized carbons (Fsp3) is 0.375. The number of rotatable bonds is 7. The van der Waals surface area contributed by atoms with Crippen LogP contribution in [0.2, 0.25) is 0 Å². The first-order valence-electron chi connectivity index (χ1n) is 7.67. The molecule has 1 aromatic heterocycles. The third kappa shape index (κ3) is 5.30. The number of nitrogens with zero attached hydrogens (tertiary/aromatic N) is 1. The van der Waals surface area contributed by atoms with Crippen LogP contribution in [0.5, 0.6) is 0 Å². The number of nitro benzene ring substituents is 1. The predicted octanol–water partition coefficient (Wildman–Crippen LogP) is 2.92. The third-order valence-electron chi connectivity index (χ3n) is 3.18. The van der Waals surface area contributed by atoms with Gasteiger partial charge in [0.15, 0.2) is 0 Å². The van der Waals surface area contributed by atoms with Crippen LogP contribution in [-0.2, 0) is 16.4 Å². The molecule has 0 spiro atoms. The maximum atomic E-state index is 12.3. The number of benzene rings is 1. The first kappa shape index (κ1) is 18.9. The summed E-state index contributed by atoms with van der Waals surface area (Å²) >= 11 is 0. The molecule has 0 aliphatic rings. The minimum Gasteiger partial charge on any atom is -0.469 e. The summed E-state index contributed by atoms with van der Waals surface area (Å²) in [6.07, 6.45) is 2.11. The second-order valence-electron chi connectivity index (χ2n) is 6.55. The standard InChI is InChI=1S/C16H21N3O5S/c1-16(2,3)18-25(22,23)13-6-7-14(15(11-13)19(20)21)17-9-8-12-5-4-10-24-12/h4-7,10-11,17-18H,8-9H2,1-3H3. The van der Waals surface area contributed by atoms with Crippen molar-refractivity contribution in [3.8, 4) is 0 Å². The van der Waals surface area contributed by atoms with Gasteiger partial charge in [-0.2, -0.15) is 0 Å². The molecule has 0 amide bonds. The zero-order valence-corrected chi connectivity index (χ0v) is 15.1. The van der Waals surface area contributed by atoms with E-state index in [1.807, 2.05) is 6.07 Å². The maximum absolute atomic E-state index is 12.3. The monoisotopic (exact) mass is 367 g/mol. The third-order valence-corrected chi connectivity index (χ3v) is 4.94. The predicted molar refractivity (Wildman–Crippen MR) is 94.1 cm³/mol. The molecule has 2 aromatic rings. The lowest BCUT2D eigenvalue weighted by Crippen LogP contribution is -2.40. The Bertz CT molecular complexity index is 839. The fourth-order valence-electron chi connectivity index (χ4n) is 2.22. The van der Waals surface area contributed by atoms with E-state index in [-0.39, 0.29) is 16.3 Å². The van der Waals surface area contributed by atoms with E-state index in [0.29, 0.717) is 13.0 Å². The van der Waals surface area contributed by atoms with Crippen molar-refractivity contribution in [2.45, 2.75) is 37.6 Å². The molecular formula is C16H21N3O5S. The lowest BCUT2D eigenvalue weighted by Gasteiger charge is -2.20. The average molecular weight is 367 g/mol. The van der Waals surface area contributed by atoms with E-state index in [1.165, 1.54) is 12.1 Å². The summed E-state index contributed by atoms with van der Waals surface area (Å²) in [5.41, 5.74) is -0.726. The zero-order chi connectivity index (χ0) is 18.7. The maximum Gasteiger partial charge on any atom is 0.293 e. The van der Waals surface area contributed by atoms with Crippen LogP contribution < -0.4 is 10.0 Å². The highest BCUT2D eigenvalue weighted by Crippen LogP contribution is 2.28. The molecule has 2 rings (SSSR count). The summed E-state index contributed by atoms with van der Waals surface area (Å²) in [4.78, 5) is 10.6. The van der Waals surface area contributed by atoms with Gasteiger partial charge in [0.25, 0.3) is 5.69 Å². The summed E-state index contributed by atoms with van der Waals surface area (Å²) in [7, 11) is -3.84. The number of nitrogens with one attached hydrogen (secondary N) is 2. The minimum absolute atomic E-state index is 0.147. The Hall–Kier alpha value is -2.39. The number of furan rings is 1. The summed E-state index contributed by atoms with van der Waals surface area (Å²) in [5.74, 6) is 0.753. The first-order valence-corrected chi connectivity index (χ1v) is 9.15. The van der Waals surface area contributed by atoms with Gasteiger partial charge in [0, 0.05) is 24.6 Å². The van der Waals surface area contributed by atoms with E-state index in [4.69, 9.17) is 4.42 Å². The highest BCUT2D eigenvalue weighted by molar-refractivity contribution is 7.89. The second kappa shape index (κ2) is 7.24. The summed E-state index contributed by atoms with van der Waals surface area (Å²) in [5, 5.41) is 14.3. The van der Waals surface area contributed by atoms with Crippen molar-refractivity contribution < 1.29 is 17.8 Å². The normalized spacial score (nSPS) is 12.1. The van der Waals surface area contributed by atoms with Crippen molar-refractivity contribution in [2.75, 3.05) is 11.9 Å². The number of nitro groups is 1. The molecule has 136 valence electrons. The van der Waals surface area contributed by atoms with E-state index < -0.39 is 20.5 Å². The van der Waals surface area contributed by atoms with Crippen LogP contribution in [0.25, 0.3) is 0 Å². The second-order valence-corrected chi connectivity index (χ2v) is 8.23. The van der Waals surface area contributed by atoms with Crippen LogP contribution in [0.1, 0.15) is 26.5 Å². The van der Waals surface area contributed by atoms with Crippen molar-refractivity contribution in [3.63, 3.8) is 0 Å². The molecule has 0 saturated heterocycles. The smallest absolute Gasteiger partial charge is 0.293 e. The van der Waals surface area contributed by atoms with Crippen molar-refractivity contribution in [1.82, 2.24) is 4.72 Å². The summed E-state index contributed by atoms with van der Waals surface area (Å²) < 4.78 is 32.3. The summed E-state index contributed by atoms with van der Waals surface area (Å²) in [6.45, 7) is 5.51. The van der Waals surface area contributed by atoms with Gasteiger partial charge in [-0.3, -0.25) is 10.1 Å². The Kier molecular flexibility index (Phi) is 5.48. The van der Waals surface area contributed by atoms with E-state index in [1.54, 1.807) is 33.1 Å². The Morgan fingerprint density at radius 2 is 1.96 bits per heavy atom. The van der Waals surface area contributed by atoms with Gasteiger partial charge < -0.3 is 9.73 Å². The van der Waals surface area contributed by atoms with Gasteiger partial charge in [0.2, 0.25) is 10.0 Å². The van der Waals surface area contributed by atoms with Crippen molar-refractivity contribution >= 4 is 21.4 Å². The van der Waals surface area contributed by atoms with Crippen molar-refractivity contribution in [1.29, 1.82) is 0 Å². The van der Waals surface area contributed by atoms with Crippen LogP contribution in [-0.4, -0.2) is 25.4 Å². The highest BCUT2D eigenvalue weighted by atomic mass is 32.2. The Morgan fingerprint density at radius 3 is 2.52 bits per heavy atom. The van der Waals surface area contributed by atoms with E-state index in [9.17, 15) is 18.5 Å². The van der Waals surface area contributed by atoms with Crippen LogP contribution in [0.4, 0.5) is 11.4 Å². The van der Waals surface area contributed by atoms with Gasteiger partial charge in [-0.05, 0) is 45.0 Å². The molecule has 1 aromatic carbocycles. The molecule has 0 fully saturated rings. The van der Waals surface area contributed by atoms with E-state index >= 15 is 0 Å². The van der Waals surface area contributed by atoms with Crippen molar-refractivity contribution in [3.05, 3.63) is 52.5 Å². The zero-order valence-electron chi connectivity index (χ0n) is 14.3. The Morgan fingerprint density at radius 1 is 1.24 bits per heavy atom. The Labute approximate surface area is 146 Å². The lowest BCUT2D eigenvalue weighted by atomic mass is 10.1. The Balaban J connectivity index is 2.21. The number of hydrogen-bond acceptors (Lipinski definition) is 6. The molecule has 9 heteroatoms. The minimum atomic E-state index is -3.84. The number of sulfonamides is 1. The van der Waals surface area contributed by atoms with Crippen LogP contribution >= 0.6 is 0 Å². The van der Waals surface area contributed by atoms with Crippen molar-refractivity contribution in [2.24, 2.45) is 0 Å². The summed E-state index contributed by atoms with van der Waals surface area (Å²) in [6, 6.07) is 7.38. The molecule has 0 unspecified atom stereocenters. The number of hydrogen-bond donors (Lipinski definition) is 2. The van der Waals surface area contributed by atoms with Gasteiger partial charge in [-0.15, -0.1) is 0 Å². The van der Waals surface area contributed by atoms with Crippen LogP contribution in [0.3, 0.4) is 0 Å². The van der Waals surface area contributed by atoms with E-state index in [2.05, 4.69) is 10.0 Å². The van der Waals surface area contributed by atoms with Crippen LogP contribution in [0, 0.1) is 10.1 Å². The topological polar surface area (TPSA) is 114 Å². The van der Waals surface area contributed by atoms with Gasteiger partial charge in [-0.25, -0.2) is 13.1 Å². The van der Waals surface area contributed by atoms with Gasteiger partial charge >= 0.3 is 0 Å². The lowest BCUT2D eigenvalue weighted by molar-refractivity contribution is -0.384. The molecular weight excluding hydrogens is 346 g/mol. The molecule has 0 saturated carbocycles. The molecule has 0 radical (unpaired) electrons.